The average molecular weight is 310 g/mol. The molecule has 0 spiro atoms. The van der Waals surface area contributed by atoms with E-state index in [9.17, 15) is 0 Å². The Balaban J connectivity index is 2.31. The number of hydrogen-bond acceptors (Lipinski definition) is 3. The SMILES string of the molecule is Cc1cccc2nc(-c3ccccc3Cl)c(CN=[N+]=[N-])nc12. The number of fused-ring (bicyclic) bond motifs is 1. The molecule has 0 bridgehead atoms. The number of aryl methyl sites for hydroxylation is 1. The summed E-state index contributed by atoms with van der Waals surface area (Å²) in [6.07, 6.45) is 0. The first kappa shape index (κ1) is 14.3. The Morgan fingerprint density at radius 2 is 1.95 bits per heavy atom. The number of hydrogen-bond donors (Lipinski definition) is 0. The minimum atomic E-state index is 0.133. The average Bonchev–Trinajstić information content (AvgIpc) is 2.53. The van der Waals surface area contributed by atoms with Crippen molar-refractivity contribution in [2.75, 3.05) is 0 Å². The van der Waals surface area contributed by atoms with Gasteiger partial charge in [-0.15, -0.1) is 0 Å². The van der Waals surface area contributed by atoms with Gasteiger partial charge in [0.15, 0.2) is 0 Å². The van der Waals surface area contributed by atoms with Crippen LogP contribution in [0.3, 0.4) is 0 Å². The zero-order chi connectivity index (χ0) is 15.5. The Morgan fingerprint density at radius 1 is 1.14 bits per heavy atom. The van der Waals surface area contributed by atoms with E-state index in [-0.39, 0.29) is 6.54 Å². The van der Waals surface area contributed by atoms with Crippen molar-refractivity contribution in [3.8, 4) is 11.3 Å². The maximum atomic E-state index is 8.60. The number of azide groups is 1. The van der Waals surface area contributed by atoms with Crippen LogP contribution in [0.25, 0.3) is 32.7 Å². The zero-order valence-corrected chi connectivity index (χ0v) is 12.6. The third-order valence-electron chi connectivity index (χ3n) is 3.38. The molecule has 0 saturated heterocycles. The summed E-state index contributed by atoms with van der Waals surface area (Å²) in [5.41, 5.74) is 13.3. The van der Waals surface area contributed by atoms with Crippen LogP contribution in [0.15, 0.2) is 47.6 Å². The van der Waals surface area contributed by atoms with Gasteiger partial charge in [-0.1, -0.05) is 47.0 Å². The Labute approximate surface area is 132 Å². The predicted molar refractivity (Wildman–Crippen MR) is 87.6 cm³/mol. The van der Waals surface area contributed by atoms with Crippen LogP contribution in [0.1, 0.15) is 11.3 Å². The standard InChI is InChI=1S/C16H12ClN5/c1-10-5-4-8-13-15(10)21-14(9-19-22-18)16(20-13)11-6-2-3-7-12(11)17/h2-8H,9H2,1H3. The van der Waals surface area contributed by atoms with Gasteiger partial charge in [-0.05, 0) is 30.2 Å². The number of halogens is 1. The first-order valence-corrected chi connectivity index (χ1v) is 7.10. The number of nitrogens with zero attached hydrogens (tertiary/aromatic N) is 5. The van der Waals surface area contributed by atoms with Crippen LogP contribution in [0.5, 0.6) is 0 Å². The number of benzene rings is 2. The summed E-state index contributed by atoms with van der Waals surface area (Å²) in [4.78, 5) is 12.1. The molecule has 22 heavy (non-hydrogen) atoms. The van der Waals surface area contributed by atoms with Crippen LogP contribution >= 0.6 is 11.6 Å². The van der Waals surface area contributed by atoms with Crippen molar-refractivity contribution in [2.45, 2.75) is 13.5 Å². The third-order valence-corrected chi connectivity index (χ3v) is 3.71. The first-order valence-electron chi connectivity index (χ1n) is 6.72. The van der Waals surface area contributed by atoms with Crippen LogP contribution in [0.4, 0.5) is 0 Å². The molecule has 0 fully saturated rings. The lowest BCUT2D eigenvalue weighted by Crippen LogP contribution is -1.99. The second kappa shape index (κ2) is 6.02. The van der Waals surface area contributed by atoms with Gasteiger partial charge in [-0.2, -0.15) is 0 Å². The van der Waals surface area contributed by atoms with E-state index in [1.54, 1.807) is 6.07 Å². The topological polar surface area (TPSA) is 74.5 Å². The second-order valence-electron chi connectivity index (χ2n) is 4.83. The van der Waals surface area contributed by atoms with E-state index in [0.717, 1.165) is 22.2 Å². The molecule has 1 aromatic heterocycles. The molecule has 0 saturated carbocycles. The zero-order valence-electron chi connectivity index (χ0n) is 11.9. The van der Waals surface area contributed by atoms with Crippen LogP contribution in [0, 0.1) is 6.92 Å². The molecule has 108 valence electrons. The molecule has 6 heteroatoms. The molecule has 0 N–H and O–H groups in total. The van der Waals surface area contributed by atoms with Gasteiger partial charge >= 0.3 is 0 Å². The minimum absolute atomic E-state index is 0.133. The molecule has 0 aliphatic carbocycles. The van der Waals surface area contributed by atoms with E-state index in [0.29, 0.717) is 16.4 Å². The van der Waals surface area contributed by atoms with Crippen LogP contribution in [-0.2, 0) is 6.54 Å². The molecule has 5 nitrogen and oxygen atoms in total. The van der Waals surface area contributed by atoms with Crippen LogP contribution < -0.4 is 0 Å². The van der Waals surface area contributed by atoms with Crippen molar-refractivity contribution in [2.24, 2.45) is 5.11 Å². The maximum Gasteiger partial charge on any atom is 0.0941 e. The Hall–Kier alpha value is -2.62. The summed E-state index contributed by atoms with van der Waals surface area (Å²) in [6.45, 7) is 2.11. The Kier molecular flexibility index (Phi) is 3.92. The van der Waals surface area contributed by atoms with Crippen molar-refractivity contribution in [1.82, 2.24) is 9.97 Å². The van der Waals surface area contributed by atoms with Crippen molar-refractivity contribution >= 4 is 22.6 Å². The molecular formula is C16H12ClN5. The molecule has 3 rings (SSSR count). The first-order chi connectivity index (χ1) is 10.7. The third kappa shape index (κ3) is 2.60. The maximum absolute atomic E-state index is 8.60. The molecule has 1 heterocycles. The fraction of sp³-hybridized carbons (Fsp3) is 0.125. The van der Waals surface area contributed by atoms with Gasteiger partial charge in [0.05, 0.1) is 34.0 Å². The van der Waals surface area contributed by atoms with Gasteiger partial charge in [-0.3, -0.25) is 0 Å². The van der Waals surface area contributed by atoms with Gasteiger partial charge in [-0.25, -0.2) is 9.97 Å². The summed E-state index contributed by atoms with van der Waals surface area (Å²) in [5, 5.41) is 4.22. The smallest absolute Gasteiger partial charge is 0.0941 e. The monoisotopic (exact) mass is 309 g/mol. The molecule has 2 aromatic carbocycles. The second-order valence-corrected chi connectivity index (χ2v) is 5.24. The van der Waals surface area contributed by atoms with Gasteiger partial charge < -0.3 is 0 Å². The summed E-state index contributed by atoms with van der Waals surface area (Å²) < 4.78 is 0. The number of rotatable bonds is 3. The molecular weight excluding hydrogens is 298 g/mol. The van der Waals surface area contributed by atoms with E-state index in [1.165, 1.54) is 0 Å². The highest BCUT2D eigenvalue weighted by Gasteiger charge is 2.13. The summed E-state index contributed by atoms with van der Waals surface area (Å²) in [5.74, 6) is 0. The lowest BCUT2D eigenvalue weighted by atomic mass is 10.1. The lowest BCUT2D eigenvalue weighted by molar-refractivity contribution is 0.976. The summed E-state index contributed by atoms with van der Waals surface area (Å²) in [6, 6.07) is 13.3. The van der Waals surface area contributed by atoms with E-state index >= 15 is 0 Å². The van der Waals surface area contributed by atoms with Gasteiger partial charge in [0.1, 0.15) is 0 Å². The van der Waals surface area contributed by atoms with Crippen molar-refractivity contribution in [3.63, 3.8) is 0 Å². The normalized spacial score (nSPS) is 10.5. The van der Waals surface area contributed by atoms with Gasteiger partial charge in [0.2, 0.25) is 0 Å². The number of aromatic nitrogens is 2. The predicted octanol–water partition coefficient (Wildman–Crippen LogP) is 5.07. The molecule has 0 unspecified atom stereocenters. The summed E-state index contributed by atoms with van der Waals surface area (Å²) >= 11 is 6.28. The highest BCUT2D eigenvalue weighted by molar-refractivity contribution is 6.33. The van der Waals surface area contributed by atoms with E-state index < -0.39 is 0 Å². The molecule has 0 radical (unpaired) electrons. The van der Waals surface area contributed by atoms with E-state index in [2.05, 4.69) is 20.0 Å². The Bertz CT molecular complexity index is 900. The lowest BCUT2D eigenvalue weighted by Gasteiger charge is -2.11. The van der Waals surface area contributed by atoms with Crippen molar-refractivity contribution in [1.29, 1.82) is 0 Å². The number of para-hydroxylation sites is 1. The Morgan fingerprint density at radius 3 is 2.73 bits per heavy atom. The summed E-state index contributed by atoms with van der Waals surface area (Å²) in [7, 11) is 0. The minimum Gasteiger partial charge on any atom is -0.248 e. The quantitative estimate of drug-likeness (QED) is 0.385. The largest absolute Gasteiger partial charge is 0.248 e. The highest BCUT2D eigenvalue weighted by atomic mass is 35.5. The van der Waals surface area contributed by atoms with Crippen LogP contribution in [0.2, 0.25) is 5.02 Å². The molecule has 0 aliphatic rings. The molecule has 0 amide bonds. The fourth-order valence-corrected chi connectivity index (χ4v) is 2.56. The van der Waals surface area contributed by atoms with Gasteiger partial charge in [0, 0.05) is 10.5 Å². The van der Waals surface area contributed by atoms with E-state index in [4.69, 9.17) is 17.1 Å². The highest BCUT2D eigenvalue weighted by Crippen LogP contribution is 2.30. The molecule has 0 atom stereocenters. The van der Waals surface area contributed by atoms with Crippen LogP contribution in [-0.4, -0.2) is 9.97 Å². The molecule has 0 aliphatic heterocycles. The molecule has 3 aromatic rings. The fourth-order valence-electron chi connectivity index (χ4n) is 2.33. The van der Waals surface area contributed by atoms with Crippen molar-refractivity contribution < 1.29 is 0 Å². The van der Waals surface area contributed by atoms with E-state index in [1.807, 2.05) is 43.3 Å². The van der Waals surface area contributed by atoms with Crippen molar-refractivity contribution in [3.05, 3.63) is 69.2 Å². The van der Waals surface area contributed by atoms with Gasteiger partial charge in [0.25, 0.3) is 0 Å².